The van der Waals surface area contributed by atoms with Crippen molar-refractivity contribution in [3.63, 3.8) is 0 Å². The molecule has 0 saturated heterocycles. The number of hydrogen-bond acceptors (Lipinski definition) is 6. The van der Waals surface area contributed by atoms with Gasteiger partial charge in [0.2, 0.25) is 0 Å². The van der Waals surface area contributed by atoms with Crippen LogP contribution in [0.25, 0.3) is 11.0 Å². The maximum atomic E-state index is 11.8. The summed E-state index contributed by atoms with van der Waals surface area (Å²) in [7, 11) is 0. The Hall–Kier alpha value is -2.64. The van der Waals surface area contributed by atoms with Crippen LogP contribution in [0.5, 0.6) is 0 Å². The molecule has 1 saturated carbocycles. The lowest BCUT2D eigenvalue weighted by atomic mass is 9.94. The van der Waals surface area contributed by atoms with Crippen LogP contribution >= 0.6 is 0 Å². The van der Waals surface area contributed by atoms with Crippen LogP contribution in [0, 0.1) is 0 Å². The predicted octanol–water partition coefficient (Wildman–Crippen LogP) is 3.39. The number of carbonyl (C=O) groups excluding carboxylic acids is 1. The Morgan fingerprint density at radius 2 is 2.04 bits per heavy atom. The van der Waals surface area contributed by atoms with Gasteiger partial charge in [-0.05, 0) is 26.2 Å². The first kappa shape index (κ1) is 20.1. The van der Waals surface area contributed by atoms with Gasteiger partial charge in [0.15, 0.2) is 5.65 Å². The summed E-state index contributed by atoms with van der Waals surface area (Å²) in [6.07, 6.45) is 7.80. The average Bonchev–Trinajstić information content (AvgIpc) is 3.06. The number of pyridine rings is 1. The second kappa shape index (κ2) is 9.03. The van der Waals surface area contributed by atoms with Gasteiger partial charge in [-0.3, -0.25) is 4.79 Å². The number of carboxylic acids is 1. The van der Waals surface area contributed by atoms with Crippen LogP contribution in [0.2, 0.25) is 0 Å². The molecule has 0 aliphatic heterocycles. The first-order valence-corrected chi connectivity index (χ1v) is 10.1. The van der Waals surface area contributed by atoms with Crippen molar-refractivity contribution in [1.82, 2.24) is 14.8 Å². The van der Waals surface area contributed by atoms with Crippen molar-refractivity contribution >= 4 is 28.7 Å². The van der Waals surface area contributed by atoms with E-state index in [1.807, 2.05) is 6.92 Å². The van der Waals surface area contributed by atoms with E-state index in [4.69, 9.17) is 4.74 Å². The Bertz CT molecular complexity index is 855. The van der Waals surface area contributed by atoms with Gasteiger partial charge in [-0.25, -0.2) is 14.5 Å². The molecule has 0 spiro atoms. The molecule has 8 nitrogen and oxygen atoms in total. The zero-order valence-electron chi connectivity index (χ0n) is 16.5. The van der Waals surface area contributed by atoms with Gasteiger partial charge in [0, 0.05) is 12.2 Å². The molecule has 8 heteroatoms. The number of aromatic carboxylic acids is 1. The second-order valence-corrected chi connectivity index (χ2v) is 7.11. The number of nitrogens with one attached hydrogen (secondary N) is 1. The van der Waals surface area contributed by atoms with E-state index in [0.29, 0.717) is 30.9 Å². The summed E-state index contributed by atoms with van der Waals surface area (Å²) in [5.41, 5.74) is 2.15. The number of aryl methyl sites for hydroxylation is 2. The fraction of sp³-hybridized carbons (Fsp3) is 0.600. The van der Waals surface area contributed by atoms with E-state index >= 15 is 0 Å². The molecular weight excluding hydrogens is 360 g/mol. The lowest BCUT2D eigenvalue weighted by Crippen LogP contribution is -2.24. The highest BCUT2D eigenvalue weighted by molar-refractivity contribution is 6.04. The van der Waals surface area contributed by atoms with Gasteiger partial charge < -0.3 is 15.2 Å². The highest BCUT2D eigenvalue weighted by Crippen LogP contribution is 2.32. The Morgan fingerprint density at radius 1 is 1.29 bits per heavy atom. The van der Waals surface area contributed by atoms with Gasteiger partial charge in [-0.1, -0.05) is 26.2 Å². The smallest absolute Gasteiger partial charge is 0.339 e. The van der Waals surface area contributed by atoms with Crippen molar-refractivity contribution in [2.24, 2.45) is 0 Å². The molecule has 0 atom stereocenters. The number of carboxylic acid groups (broad SMARTS) is 1. The highest BCUT2D eigenvalue weighted by Gasteiger charge is 2.24. The largest absolute Gasteiger partial charge is 0.478 e. The number of carbonyl (C=O) groups is 2. The summed E-state index contributed by atoms with van der Waals surface area (Å²) in [6, 6.07) is 0.255. The van der Waals surface area contributed by atoms with E-state index < -0.39 is 5.97 Å². The van der Waals surface area contributed by atoms with Crippen LogP contribution < -0.4 is 5.32 Å². The molecule has 1 aliphatic rings. The number of aromatic nitrogens is 3. The Morgan fingerprint density at radius 3 is 2.68 bits per heavy atom. The summed E-state index contributed by atoms with van der Waals surface area (Å²) in [6.45, 7) is 4.44. The molecule has 0 radical (unpaired) electrons. The standard InChI is InChI=1S/C20H28N4O4/c1-3-15-17-18(22-13-8-6-5-7-9-13)14(20(26)27)12-21-19(17)24(23-15)11-10-16(25)28-4-2/h12-13H,3-11H2,1-2H3,(H,21,22)(H,26,27). The number of rotatable bonds is 8. The van der Waals surface area contributed by atoms with Crippen molar-refractivity contribution < 1.29 is 19.4 Å². The van der Waals surface area contributed by atoms with Gasteiger partial charge in [0.1, 0.15) is 5.56 Å². The van der Waals surface area contributed by atoms with Crippen molar-refractivity contribution in [1.29, 1.82) is 0 Å². The summed E-state index contributed by atoms with van der Waals surface area (Å²) >= 11 is 0. The minimum Gasteiger partial charge on any atom is -0.478 e. The first-order chi connectivity index (χ1) is 13.5. The molecule has 2 heterocycles. The van der Waals surface area contributed by atoms with Crippen molar-refractivity contribution in [3.8, 4) is 0 Å². The maximum Gasteiger partial charge on any atom is 0.339 e. The third-order valence-corrected chi connectivity index (χ3v) is 5.19. The van der Waals surface area contributed by atoms with E-state index in [9.17, 15) is 14.7 Å². The van der Waals surface area contributed by atoms with E-state index in [2.05, 4.69) is 15.4 Å². The minimum atomic E-state index is -1.01. The molecule has 1 aliphatic carbocycles. The van der Waals surface area contributed by atoms with Crippen molar-refractivity contribution in [3.05, 3.63) is 17.5 Å². The summed E-state index contributed by atoms with van der Waals surface area (Å²) in [5, 5.41) is 18.5. The highest BCUT2D eigenvalue weighted by atomic mass is 16.5. The van der Waals surface area contributed by atoms with Crippen molar-refractivity contribution in [2.75, 3.05) is 11.9 Å². The zero-order valence-corrected chi connectivity index (χ0v) is 16.5. The van der Waals surface area contributed by atoms with Crippen LogP contribution in [0.3, 0.4) is 0 Å². The minimum absolute atomic E-state index is 0.165. The molecule has 152 valence electrons. The van der Waals surface area contributed by atoms with Crippen LogP contribution in [-0.2, 0) is 22.5 Å². The topological polar surface area (TPSA) is 106 Å². The molecule has 0 unspecified atom stereocenters. The van der Waals surface area contributed by atoms with E-state index in [-0.39, 0.29) is 24.0 Å². The maximum absolute atomic E-state index is 11.8. The number of nitrogens with zero attached hydrogens (tertiary/aromatic N) is 3. The number of hydrogen-bond donors (Lipinski definition) is 2. The van der Waals surface area contributed by atoms with Gasteiger partial charge in [-0.15, -0.1) is 0 Å². The monoisotopic (exact) mass is 388 g/mol. The third-order valence-electron chi connectivity index (χ3n) is 5.19. The quantitative estimate of drug-likeness (QED) is 0.668. The Kier molecular flexibility index (Phi) is 6.49. The number of anilines is 1. The van der Waals surface area contributed by atoms with Gasteiger partial charge >= 0.3 is 11.9 Å². The lowest BCUT2D eigenvalue weighted by molar-refractivity contribution is -0.143. The molecule has 0 amide bonds. The third kappa shape index (κ3) is 4.26. The van der Waals surface area contributed by atoms with Gasteiger partial charge in [0.25, 0.3) is 0 Å². The lowest BCUT2D eigenvalue weighted by Gasteiger charge is -2.25. The molecule has 2 aromatic rings. The SMILES string of the molecule is CCOC(=O)CCn1nc(CC)c2c(NC3CCCCC3)c(C(=O)O)cnc21. The van der Waals surface area contributed by atoms with Crippen LogP contribution in [0.15, 0.2) is 6.20 Å². The fourth-order valence-electron chi connectivity index (χ4n) is 3.81. The Labute approximate surface area is 164 Å². The summed E-state index contributed by atoms with van der Waals surface area (Å²) < 4.78 is 6.68. The zero-order chi connectivity index (χ0) is 20.1. The second-order valence-electron chi connectivity index (χ2n) is 7.11. The number of ether oxygens (including phenoxy) is 1. The Balaban J connectivity index is 2.01. The molecule has 3 rings (SSSR count). The summed E-state index contributed by atoms with van der Waals surface area (Å²) in [4.78, 5) is 27.9. The normalized spacial score (nSPS) is 14.9. The van der Waals surface area contributed by atoms with Crippen LogP contribution in [-0.4, -0.2) is 44.5 Å². The van der Waals surface area contributed by atoms with Crippen LogP contribution in [0.4, 0.5) is 5.69 Å². The molecule has 0 aromatic carbocycles. The molecule has 2 aromatic heterocycles. The van der Waals surface area contributed by atoms with Gasteiger partial charge in [-0.2, -0.15) is 5.10 Å². The molecular formula is C20H28N4O4. The number of esters is 1. The van der Waals surface area contributed by atoms with E-state index in [1.54, 1.807) is 11.6 Å². The molecule has 2 N–H and O–H groups in total. The van der Waals surface area contributed by atoms with Gasteiger partial charge in [0.05, 0.1) is 36.3 Å². The first-order valence-electron chi connectivity index (χ1n) is 10.1. The molecule has 28 heavy (non-hydrogen) atoms. The van der Waals surface area contributed by atoms with Crippen LogP contribution in [0.1, 0.15) is 68.4 Å². The fourth-order valence-corrected chi connectivity index (χ4v) is 3.81. The van der Waals surface area contributed by atoms with E-state index in [0.717, 1.165) is 36.8 Å². The average molecular weight is 388 g/mol. The molecule has 1 fully saturated rings. The predicted molar refractivity (Wildman–Crippen MR) is 106 cm³/mol. The summed E-state index contributed by atoms with van der Waals surface area (Å²) in [5.74, 6) is -1.29. The van der Waals surface area contributed by atoms with Crippen molar-refractivity contribution in [2.45, 2.75) is 71.4 Å². The number of fused-ring (bicyclic) bond motifs is 1. The molecule has 0 bridgehead atoms. The van der Waals surface area contributed by atoms with E-state index in [1.165, 1.54) is 12.6 Å².